The number of hydrogen-bond donors (Lipinski definition) is 2. The van der Waals surface area contributed by atoms with E-state index in [2.05, 4.69) is 27.7 Å². The third-order valence-electron chi connectivity index (χ3n) is 5.11. The molecule has 2 fully saturated rings. The number of carbonyl (C=O) groups excluding carboxylic acids is 2. The lowest BCUT2D eigenvalue weighted by atomic mass is 9.89. The summed E-state index contributed by atoms with van der Waals surface area (Å²) in [6.07, 6.45) is 2.98. The number of ether oxygens (including phenoxy) is 1. The molecule has 6 nitrogen and oxygen atoms in total. The zero-order chi connectivity index (χ0) is 20.3. The molecular formula is C21H29N3O3S. The number of carbonyl (C=O) groups is 2. The number of benzene rings is 1. The second kappa shape index (κ2) is 8.47. The Hall–Kier alpha value is -2.15. The van der Waals surface area contributed by atoms with Gasteiger partial charge in [0.15, 0.2) is 0 Å². The average molecular weight is 404 g/mol. The number of amides is 2. The van der Waals surface area contributed by atoms with Gasteiger partial charge in [-0.15, -0.1) is 0 Å². The molecule has 0 bridgehead atoms. The van der Waals surface area contributed by atoms with E-state index >= 15 is 0 Å². The fourth-order valence-corrected chi connectivity index (χ4v) is 4.04. The summed E-state index contributed by atoms with van der Waals surface area (Å²) >= 11 is 5.43. The Bertz CT molecular complexity index is 734. The molecule has 3 rings (SSSR count). The minimum Gasteiger partial charge on any atom is -0.465 e. The first-order valence-electron chi connectivity index (χ1n) is 9.89. The summed E-state index contributed by atoms with van der Waals surface area (Å²) in [6.45, 7) is 7.83. The fraction of sp³-hybridized carbons (Fsp3) is 0.571. The molecule has 0 radical (unpaired) electrons. The first kappa shape index (κ1) is 20.6. The molecule has 0 aromatic heterocycles. The van der Waals surface area contributed by atoms with Crippen molar-refractivity contribution in [2.75, 3.05) is 18.4 Å². The van der Waals surface area contributed by atoms with E-state index in [0.29, 0.717) is 23.9 Å². The van der Waals surface area contributed by atoms with Crippen LogP contribution in [0.4, 0.5) is 5.69 Å². The van der Waals surface area contributed by atoms with Crippen LogP contribution in [0.2, 0.25) is 0 Å². The summed E-state index contributed by atoms with van der Waals surface area (Å²) in [5.74, 6) is 0.0524. The Labute approximate surface area is 172 Å². The van der Waals surface area contributed by atoms with Crippen LogP contribution in [0.1, 0.15) is 57.9 Å². The molecule has 0 aliphatic carbocycles. The van der Waals surface area contributed by atoms with Crippen LogP contribution in [-0.2, 0) is 14.3 Å². The molecule has 2 heterocycles. The SMILES string of the molecule is CC(C)(C)OC(=S)N1CCC(c2ccc(NC3CCC(=O)NC3=O)cc2)CC1. The van der Waals surface area contributed by atoms with Gasteiger partial charge in [0.2, 0.25) is 11.8 Å². The van der Waals surface area contributed by atoms with E-state index in [4.69, 9.17) is 17.0 Å². The van der Waals surface area contributed by atoms with Crippen molar-refractivity contribution >= 4 is 34.9 Å². The van der Waals surface area contributed by atoms with Crippen molar-refractivity contribution in [1.82, 2.24) is 10.2 Å². The standard InChI is InChI=1S/C21H29N3O3S/c1-21(2,3)27-20(28)24-12-10-15(11-13-24)14-4-6-16(7-5-14)22-17-8-9-18(25)23-19(17)26/h4-7,15,17,22H,8-13H2,1-3H3,(H,23,25,26). The monoisotopic (exact) mass is 403 g/mol. The van der Waals surface area contributed by atoms with Gasteiger partial charge in [-0.3, -0.25) is 14.9 Å². The number of anilines is 1. The van der Waals surface area contributed by atoms with E-state index in [0.717, 1.165) is 31.6 Å². The van der Waals surface area contributed by atoms with Crippen LogP contribution in [0.3, 0.4) is 0 Å². The first-order chi connectivity index (χ1) is 13.2. The number of imide groups is 1. The lowest BCUT2D eigenvalue weighted by molar-refractivity contribution is -0.133. The van der Waals surface area contributed by atoms with Crippen molar-refractivity contribution in [3.8, 4) is 0 Å². The summed E-state index contributed by atoms with van der Waals surface area (Å²) in [5.41, 5.74) is 1.94. The van der Waals surface area contributed by atoms with E-state index in [1.807, 2.05) is 32.9 Å². The van der Waals surface area contributed by atoms with Crippen molar-refractivity contribution in [2.45, 2.75) is 64.0 Å². The van der Waals surface area contributed by atoms with Crippen LogP contribution in [0, 0.1) is 0 Å². The van der Waals surface area contributed by atoms with E-state index in [1.54, 1.807) is 0 Å². The first-order valence-corrected chi connectivity index (χ1v) is 10.3. The quantitative estimate of drug-likeness (QED) is 0.597. The van der Waals surface area contributed by atoms with Gasteiger partial charge in [-0.25, -0.2) is 0 Å². The molecule has 2 amide bonds. The minimum atomic E-state index is -0.351. The molecule has 1 aromatic rings. The summed E-state index contributed by atoms with van der Waals surface area (Å²) in [6, 6.07) is 7.92. The number of piperidine rings is 2. The zero-order valence-electron chi connectivity index (χ0n) is 16.8. The van der Waals surface area contributed by atoms with Crippen molar-refractivity contribution in [1.29, 1.82) is 0 Å². The third kappa shape index (κ3) is 5.44. The normalized spacial score (nSPS) is 21.2. The van der Waals surface area contributed by atoms with Gasteiger partial charge < -0.3 is 15.0 Å². The highest BCUT2D eigenvalue weighted by Gasteiger charge is 2.27. The summed E-state index contributed by atoms with van der Waals surface area (Å²) in [4.78, 5) is 25.3. The minimum absolute atomic E-state index is 0.197. The van der Waals surface area contributed by atoms with E-state index < -0.39 is 0 Å². The van der Waals surface area contributed by atoms with Gasteiger partial charge in [-0.1, -0.05) is 12.1 Å². The maximum Gasteiger partial charge on any atom is 0.259 e. The highest BCUT2D eigenvalue weighted by Crippen LogP contribution is 2.30. The molecule has 7 heteroatoms. The average Bonchev–Trinajstić information content (AvgIpc) is 2.63. The van der Waals surface area contributed by atoms with Crippen molar-refractivity contribution in [2.24, 2.45) is 0 Å². The molecule has 2 N–H and O–H groups in total. The zero-order valence-corrected chi connectivity index (χ0v) is 17.6. The van der Waals surface area contributed by atoms with Gasteiger partial charge in [0.1, 0.15) is 11.6 Å². The second-order valence-electron chi connectivity index (χ2n) is 8.51. The third-order valence-corrected chi connectivity index (χ3v) is 5.45. The molecule has 0 spiro atoms. The Balaban J connectivity index is 1.51. The number of thiocarbonyl (C=S) groups is 1. The van der Waals surface area contributed by atoms with E-state index in [1.165, 1.54) is 5.56 Å². The van der Waals surface area contributed by atoms with E-state index in [-0.39, 0.29) is 23.5 Å². The molecule has 1 aromatic carbocycles. The summed E-state index contributed by atoms with van der Waals surface area (Å²) in [5, 5.41) is 6.19. The number of rotatable bonds is 3. The van der Waals surface area contributed by atoms with Crippen LogP contribution in [0.5, 0.6) is 0 Å². The summed E-state index contributed by atoms with van der Waals surface area (Å²) < 4.78 is 5.82. The smallest absolute Gasteiger partial charge is 0.259 e. The molecule has 2 aliphatic rings. The molecule has 0 saturated carbocycles. The van der Waals surface area contributed by atoms with Crippen LogP contribution in [0.15, 0.2) is 24.3 Å². The highest BCUT2D eigenvalue weighted by molar-refractivity contribution is 7.80. The molecule has 28 heavy (non-hydrogen) atoms. The highest BCUT2D eigenvalue weighted by atomic mass is 32.1. The van der Waals surface area contributed by atoms with Crippen molar-refractivity contribution in [3.63, 3.8) is 0 Å². The maximum absolute atomic E-state index is 11.9. The number of nitrogens with zero attached hydrogens (tertiary/aromatic N) is 1. The molecular weight excluding hydrogens is 374 g/mol. The van der Waals surface area contributed by atoms with Gasteiger partial charge in [0.25, 0.3) is 5.17 Å². The van der Waals surface area contributed by atoms with Gasteiger partial charge in [-0.05, 0) is 75.9 Å². The molecule has 1 atom stereocenters. The topological polar surface area (TPSA) is 70.7 Å². The van der Waals surface area contributed by atoms with Crippen LogP contribution >= 0.6 is 12.2 Å². The van der Waals surface area contributed by atoms with Crippen molar-refractivity contribution < 1.29 is 14.3 Å². The second-order valence-corrected chi connectivity index (χ2v) is 8.86. The number of nitrogens with one attached hydrogen (secondary N) is 2. The van der Waals surface area contributed by atoms with Crippen molar-refractivity contribution in [3.05, 3.63) is 29.8 Å². The molecule has 2 saturated heterocycles. The van der Waals surface area contributed by atoms with Crippen LogP contribution < -0.4 is 10.6 Å². The predicted octanol–water partition coefficient (Wildman–Crippen LogP) is 3.18. The molecule has 2 aliphatic heterocycles. The summed E-state index contributed by atoms with van der Waals surface area (Å²) in [7, 11) is 0. The Morgan fingerprint density at radius 3 is 2.36 bits per heavy atom. The lowest BCUT2D eigenvalue weighted by Gasteiger charge is -2.35. The maximum atomic E-state index is 11.9. The predicted molar refractivity (Wildman–Crippen MR) is 113 cm³/mol. The Kier molecular flexibility index (Phi) is 6.23. The number of hydrogen-bond acceptors (Lipinski definition) is 5. The van der Waals surface area contributed by atoms with Gasteiger partial charge in [-0.2, -0.15) is 0 Å². The Morgan fingerprint density at radius 1 is 1.14 bits per heavy atom. The van der Waals surface area contributed by atoms with Gasteiger partial charge in [0.05, 0.1) is 0 Å². The van der Waals surface area contributed by atoms with E-state index in [9.17, 15) is 9.59 Å². The fourth-order valence-electron chi connectivity index (χ4n) is 3.61. The molecule has 1 unspecified atom stereocenters. The van der Waals surface area contributed by atoms with Crippen LogP contribution in [0.25, 0.3) is 0 Å². The van der Waals surface area contributed by atoms with Crippen LogP contribution in [-0.4, -0.2) is 46.6 Å². The lowest BCUT2D eigenvalue weighted by Crippen LogP contribution is -2.47. The largest absolute Gasteiger partial charge is 0.465 e. The molecule has 152 valence electrons. The Morgan fingerprint density at radius 2 is 1.79 bits per heavy atom. The number of likely N-dealkylation sites (tertiary alicyclic amines) is 1. The van der Waals surface area contributed by atoms with Gasteiger partial charge in [0, 0.05) is 25.2 Å². The van der Waals surface area contributed by atoms with Gasteiger partial charge >= 0.3 is 0 Å².